The van der Waals surface area contributed by atoms with Crippen molar-refractivity contribution in [1.29, 1.82) is 0 Å². The van der Waals surface area contributed by atoms with Gasteiger partial charge in [-0.2, -0.15) is 0 Å². The summed E-state index contributed by atoms with van der Waals surface area (Å²) in [5, 5.41) is 0. The van der Waals surface area contributed by atoms with Crippen LogP contribution in [0.3, 0.4) is 0 Å². The van der Waals surface area contributed by atoms with Crippen molar-refractivity contribution in [3.05, 3.63) is 78.4 Å². The van der Waals surface area contributed by atoms with E-state index in [1.807, 2.05) is 6.08 Å². The largest absolute Gasteiger partial charge is 0.354 e. The maximum atomic E-state index is 4.01. The van der Waals surface area contributed by atoms with Crippen LogP contribution in [0.25, 0.3) is 0 Å². The maximum Gasteiger partial charge on any atom is 0.0733 e. The van der Waals surface area contributed by atoms with Gasteiger partial charge < -0.3 is 4.90 Å². The Hall–Kier alpha value is -2.02. The molecule has 0 saturated carbocycles. The van der Waals surface area contributed by atoms with E-state index < -0.39 is 0 Å². The molecule has 3 rings (SSSR count). The van der Waals surface area contributed by atoms with Gasteiger partial charge in [0.1, 0.15) is 0 Å². The van der Waals surface area contributed by atoms with Crippen LogP contribution in [0, 0.1) is 0 Å². The molecular weight excluding hydrogens is 218 g/mol. The Morgan fingerprint density at radius 1 is 0.944 bits per heavy atom. The van der Waals surface area contributed by atoms with Gasteiger partial charge in [-0.05, 0) is 30.2 Å². The third-order valence-electron chi connectivity index (χ3n) is 3.76. The lowest BCUT2D eigenvalue weighted by atomic mass is 10.0. The van der Waals surface area contributed by atoms with Crippen LogP contribution in [0.4, 0.5) is 5.69 Å². The summed E-state index contributed by atoms with van der Waals surface area (Å²) in [6.45, 7) is 6.27. The summed E-state index contributed by atoms with van der Waals surface area (Å²) in [7, 11) is 0. The molecule has 0 radical (unpaired) electrons. The smallest absolute Gasteiger partial charge is 0.0733 e. The van der Waals surface area contributed by atoms with E-state index in [0.717, 1.165) is 0 Å². The molecule has 0 bridgehead atoms. The molecule has 0 amide bonds. The first-order chi connectivity index (χ1) is 8.83. The first-order valence-corrected chi connectivity index (χ1v) is 6.37. The molecule has 2 atom stereocenters. The van der Waals surface area contributed by atoms with E-state index in [1.165, 1.54) is 16.8 Å². The van der Waals surface area contributed by atoms with Crippen molar-refractivity contribution < 1.29 is 0 Å². The second-order valence-corrected chi connectivity index (χ2v) is 4.73. The number of anilines is 1. The Kier molecular flexibility index (Phi) is 2.67. The van der Waals surface area contributed by atoms with Crippen LogP contribution < -0.4 is 4.90 Å². The highest BCUT2D eigenvalue weighted by molar-refractivity contribution is 5.58. The van der Waals surface area contributed by atoms with Gasteiger partial charge in [0, 0.05) is 5.69 Å². The number of fused-ring (bicyclic) bond motifs is 1. The molecule has 2 aromatic carbocycles. The maximum absolute atomic E-state index is 4.01. The summed E-state index contributed by atoms with van der Waals surface area (Å²) in [4.78, 5) is 2.43. The van der Waals surface area contributed by atoms with Gasteiger partial charge in [-0.3, -0.25) is 0 Å². The van der Waals surface area contributed by atoms with Crippen molar-refractivity contribution in [2.75, 3.05) is 4.90 Å². The molecule has 1 nitrogen and oxygen atoms in total. The molecular formula is C17H17N. The second-order valence-electron chi connectivity index (χ2n) is 4.73. The number of hydrogen-bond donors (Lipinski definition) is 0. The van der Waals surface area contributed by atoms with E-state index >= 15 is 0 Å². The van der Waals surface area contributed by atoms with Crippen LogP contribution in [0.1, 0.15) is 30.1 Å². The number of para-hydroxylation sites is 1. The standard InChI is InChI=1S/C17H17N/c1-3-17-16-12-8-7-11-15(16)13(2)18(17)14-9-5-4-6-10-14/h3-13,17H,1H2,2H3. The summed E-state index contributed by atoms with van der Waals surface area (Å²) in [6, 6.07) is 19.9. The fourth-order valence-electron chi connectivity index (χ4n) is 2.93. The van der Waals surface area contributed by atoms with Gasteiger partial charge in [-0.15, -0.1) is 6.58 Å². The minimum absolute atomic E-state index is 0.276. The molecule has 90 valence electrons. The topological polar surface area (TPSA) is 3.24 Å². The third kappa shape index (κ3) is 1.55. The van der Waals surface area contributed by atoms with E-state index in [4.69, 9.17) is 0 Å². The summed E-state index contributed by atoms with van der Waals surface area (Å²) in [5.74, 6) is 0. The molecule has 0 aliphatic carbocycles. The van der Waals surface area contributed by atoms with Gasteiger partial charge >= 0.3 is 0 Å². The molecule has 0 aromatic heterocycles. The van der Waals surface area contributed by atoms with Crippen LogP contribution >= 0.6 is 0 Å². The number of rotatable bonds is 2. The van der Waals surface area contributed by atoms with Crippen molar-refractivity contribution in [2.24, 2.45) is 0 Å². The molecule has 1 heterocycles. The van der Waals surface area contributed by atoms with Gasteiger partial charge in [0.05, 0.1) is 12.1 Å². The number of nitrogens with zero attached hydrogens (tertiary/aromatic N) is 1. The minimum Gasteiger partial charge on any atom is -0.354 e. The lowest BCUT2D eigenvalue weighted by molar-refractivity contribution is 0.688. The molecule has 2 unspecified atom stereocenters. The van der Waals surface area contributed by atoms with Gasteiger partial charge in [0.2, 0.25) is 0 Å². The minimum atomic E-state index is 0.276. The van der Waals surface area contributed by atoms with Gasteiger partial charge in [0.15, 0.2) is 0 Å². The molecule has 0 spiro atoms. The Morgan fingerprint density at radius 3 is 2.22 bits per heavy atom. The average molecular weight is 235 g/mol. The highest BCUT2D eigenvalue weighted by Gasteiger charge is 2.33. The SMILES string of the molecule is C=CC1c2ccccc2C(C)N1c1ccccc1. The molecule has 1 heteroatoms. The molecule has 0 N–H and O–H groups in total. The van der Waals surface area contributed by atoms with E-state index in [0.29, 0.717) is 6.04 Å². The van der Waals surface area contributed by atoms with Gasteiger partial charge in [0.25, 0.3) is 0 Å². The summed E-state index contributed by atoms with van der Waals surface area (Å²) < 4.78 is 0. The van der Waals surface area contributed by atoms with Gasteiger partial charge in [-0.1, -0.05) is 48.5 Å². The van der Waals surface area contributed by atoms with Crippen LogP contribution in [-0.4, -0.2) is 0 Å². The van der Waals surface area contributed by atoms with Crippen molar-refractivity contribution in [2.45, 2.75) is 19.0 Å². The van der Waals surface area contributed by atoms with Crippen molar-refractivity contribution in [1.82, 2.24) is 0 Å². The molecule has 18 heavy (non-hydrogen) atoms. The fraction of sp³-hybridized carbons (Fsp3) is 0.176. The summed E-state index contributed by atoms with van der Waals surface area (Å²) in [6.07, 6.45) is 2.04. The van der Waals surface area contributed by atoms with E-state index in [2.05, 4.69) is 73.0 Å². The Bertz CT molecular complexity index is 559. The predicted molar refractivity (Wildman–Crippen MR) is 76.7 cm³/mol. The van der Waals surface area contributed by atoms with Crippen LogP contribution in [0.2, 0.25) is 0 Å². The number of hydrogen-bond acceptors (Lipinski definition) is 1. The Morgan fingerprint density at radius 2 is 1.56 bits per heavy atom. The first kappa shape index (κ1) is 11.1. The normalized spacial score (nSPS) is 21.7. The van der Waals surface area contributed by atoms with Gasteiger partial charge in [-0.25, -0.2) is 0 Å². The average Bonchev–Trinajstić information content (AvgIpc) is 2.73. The van der Waals surface area contributed by atoms with E-state index in [9.17, 15) is 0 Å². The fourth-order valence-corrected chi connectivity index (χ4v) is 2.93. The second kappa shape index (κ2) is 4.34. The van der Waals surface area contributed by atoms with Crippen LogP contribution in [0.15, 0.2) is 67.3 Å². The zero-order valence-electron chi connectivity index (χ0n) is 10.6. The zero-order valence-corrected chi connectivity index (χ0v) is 10.6. The first-order valence-electron chi connectivity index (χ1n) is 6.37. The Balaban J connectivity index is 2.11. The van der Waals surface area contributed by atoms with Crippen molar-refractivity contribution in [3.63, 3.8) is 0 Å². The molecule has 0 fully saturated rings. The third-order valence-corrected chi connectivity index (χ3v) is 3.76. The highest BCUT2D eigenvalue weighted by Crippen LogP contribution is 2.44. The predicted octanol–water partition coefficient (Wildman–Crippen LogP) is 4.49. The summed E-state index contributed by atoms with van der Waals surface area (Å²) >= 11 is 0. The molecule has 2 aromatic rings. The van der Waals surface area contributed by atoms with Crippen molar-refractivity contribution in [3.8, 4) is 0 Å². The quantitative estimate of drug-likeness (QED) is 0.693. The van der Waals surface area contributed by atoms with Crippen molar-refractivity contribution >= 4 is 5.69 Å². The molecule has 0 saturated heterocycles. The van der Waals surface area contributed by atoms with Crippen LogP contribution in [0.5, 0.6) is 0 Å². The highest BCUT2D eigenvalue weighted by atomic mass is 15.2. The zero-order chi connectivity index (χ0) is 12.5. The summed E-state index contributed by atoms with van der Waals surface area (Å²) in [5.41, 5.74) is 4.04. The van der Waals surface area contributed by atoms with E-state index in [1.54, 1.807) is 0 Å². The molecule has 1 aliphatic rings. The van der Waals surface area contributed by atoms with Crippen LogP contribution in [-0.2, 0) is 0 Å². The number of benzene rings is 2. The lowest BCUT2D eigenvalue weighted by Gasteiger charge is -2.29. The lowest BCUT2D eigenvalue weighted by Crippen LogP contribution is -2.22. The molecule has 1 aliphatic heterocycles. The Labute approximate surface area is 108 Å². The monoisotopic (exact) mass is 235 g/mol. The van der Waals surface area contributed by atoms with E-state index in [-0.39, 0.29) is 6.04 Å².